The Labute approximate surface area is 480 Å². The van der Waals surface area contributed by atoms with Crippen molar-refractivity contribution in [3.05, 3.63) is 24.3 Å². The van der Waals surface area contributed by atoms with E-state index in [2.05, 4.69) is 131 Å². The maximum absolute atomic E-state index is 15.3. The Kier molecular flexibility index (Phi) is 15.0. The van der Waals surface area contributed by atoms with E-state index in [9.17, 15) is 9.59 Å². The molecule has 79 heavy (non-hydrogen) atoms. The zero-order valence-corrected chi connectivity index (χ0v) is 53.1. The van der Waals surface area contributed by atoms with Crippen LogP contribution >= 0.6 is 0 Å². The number of likely N-dealkylation sites (N-methyl/N-ethyl adjacent to an activating group) is 1. The normalized spacial score (nSPS) is 48.7. The third-order valence-corrected chi connectivity index (χ3v) is 30.5. The minimum Gasteiger partial charge on any atom is -0.467 e. The molecule has 22 unspecified atom stereocenters. The molecule has 0 spiro atoms. The molecule has 0 aromatic heterocycles. The number of hydrogen-bond donors (Lipinski definition) is 4. The summed E-state index contributed by atoms with van der Waals surface area (Å²) in [6, 6.07) is -1.89. The highest BCUT2D eigenvalue weighted by atomic mass is 16.5. The van der Waals surface area contributed by atoms with Gasteiger partial charge in [-0.1, -0.05) is 107 Å². The molecular formula is C70H114N4O5. The van der Waals surface area contributed by atoms with E-state index in [0.29, 0.717) is 51.2 Å². The van der Waals surface area contributed by atoms with Crippen LogP contribution in [0, 0.1) is 125 Å². The van der Waals surface area contributed by atoms with Crippen LogP contribution < -0.4 is 21.3 Å². The van der Waals surface area contributed by atoms with E-state index >= 15 is 9.59 Å². The molecule has 10 saturated carbocycles. The molecule has 0 saturated heterocycles. The zero-order chi connectivity index (χ0) is 57.6. The summed E-state index contributed by atoms with van der Waals surface area (Å²) in [6.07, 6.45) is 22.5. The highest BCUT2D eigenvalue weighted by molar-refractivity contribution is 5.90. The van der Waals surface area contributed by atoms with Gasteiger partial charge in [0.25, 0.3) is 0 Å². The standard InChI is InChI=1S/C70H114N4O5/c1-41(2)45-25-33-69(37-35-65(13)47(55(45)69)19-21-53-63(11)29-23-43(5)61(7,8)51(63)27-31-67(53,65)15)59(77)72-39-49(71-17)57(75)74-50(58(76)79-18)40-73-60(78)70-34-26-46(42(3)4)56(70)48-20-22-54-64(12)30-24-44(6)62(9,10)52(64)28-32-68(54,16)66(48,14)36-38-70/h43-56,71H,1,3,19-40H2,2,4-18H3,(H,72,77)(H,73,78)(H,74,75). The lowest BCUT2D eigenvalue weighted by atomic mass is 9.32. The molecule has 22 atom stereocenters. The van der Waals surface area contributed by atoms with Crippen LogP contribution in [-0.2, 0) is 23.9 Å². The first-order valence-electron chi connectivity index (χ1n) is 32.8. The van der Waals surface area contributed by atoms with Crippen LogP contribution in [-0.4, -0.2) is 63.0 Å². The number of amides is 3. The Hall–Kier alpha value is -2.68. The van der Waals surface area contributed by atoms with Gasteiger partial charge in [0.1, 0.15) is 12.1 Å². The molecule has 0 aromatic rings. The van der Waals surface area contributed by atoms with E-state index in [1.807, 2.05) is 0 Å². The largest absolute Gasteiger partial charge is 0.467 e. The Bertz CT molecular complexity index is 2450. The zero-order valence-electron chi connectivity index (χ0n) is 53.1. The molecule has 10 rings (SSSR count). The monoisotopic (exact) mass is 1090 g/mol. The van der Waals surface area contributed by atoms with E-state index < -0.39 is 34.8 Å². The van der Waals surface area contributed by atoms with Gasteiger partial charge in [-0.3, -0.25) is 14.4 Å². The van der Waals surface area contributed by atoms with Crippen molar-refractivity contribution < 1.29 is 23.9 Å². The molecule has 4 N–H and O–H groups in total. The van der Waals surface area contributed by atoms with Gasteiger partial charge in [0.05, 0.1) is 17.9 Å². The minimum atomic E-state index is -1.09. The first kappa shape index (κ1) is 59.5. The van der Waals surface area contributed by atoms with Crippen molar-refractivity contribution >= 4 is 23.7 Å². The van der Waals surface area contributed by atoms with Gasteiger partial charge in [-0.15, -0.1) is 0 Å². The van der Waals surface area contributed by atoms with E-state index in [-0.39, 0.29) is 64.3 Å². The average Bonchev–Trinajstić information content (AvgIpc) is 2.86. The molecule has 444 valence electrons. The van der Waals surface area contributed by atoms with Crippen LogP contribution in [0.4, 0.5) is 0 Å². The molecule has 0 aliphatic heterocycles. The third kappa shape index (κ3) is 8.27. The summed E-state index contributed by atoms with van der Waals surface area (Å²) in [5.41, 5.74) is 3.26. The summed E-state index contributed by atoms with van der Waals surface area (Å²) in [4.78, 5) is 58.6. The molecule has 0 heterocycles. The van der Waals surface area contributed by atoms with Crippen LogP contribution in [0.15, 0.2) is 24.3 Å². The number of fused-ring (bicyclic) bond motifs is 14. The quantitative estimate of drug-likeness (QED) is 0.114. The van der Waals surface area contributed by atoms with Crippen molar-refractivity contribution in [2.24, 2.45) is 125 Å². The highest BCUT2D eigenvalue weighted by Crippen LogP contribution is 2.80. The fraction of sp³-hybridized carbons (Fsp3) is 0.886. The summed E-state index contributed by atoms with van der Waals surface area (Å²) < 4.78 is 5.32. The van der Waals surface area contributed by atoms with Crippen molar-refractivity contribution in [1.29, 1.82) is 0 Å². The highest BCUT2D eigenvalue weighted by Gasteiger charge is 2.74. The van der Waals surface area contributed by atoms with Crippen LogP contribution in [0.5, 0.6) is 0 Å². The fourth-order valence-electron chi connectivity index (χ4n) is 25.1. The first-order valence-corrected chi connectivity index (χ1v) is 32.8. The second kappa shape index (κ2) is 20.0. The predicted molar refractivity (Wildman–Crippen MR) is 319 cm³/mol. The van der Waals surface area contributed by atoms with Gasteiger partial charge in [-0.05, 0) is 264 Å². The maximum atomic E-state index is 15.3. The van der Waals surface area contributed by atoms with Gasteiger partial charge in [-0.2, -0.15) is 0 Å². The Balaban J connectivity index is 0.820. The number of esters is 1. The number of carbonyl (C=O) groups excluding carboxylic acids is 4. The van der Waals surface area contributed by atoms with Gasteiger partial charge in [0, 0.05) is 13.1 Å². The fourth-order valence-corrected chi connectivity index (χ4v) is 25.1. The summed E-state index contributed by atoms with van der Waals surface area (Å²) in [5.74, 6) is 5.16. The second-order valence-electron chi connectivity index (χ2n) is 33.1. The molecule has 10 fully saturated rings. The van der Waals surface area contributed by atoms with Crippen molar-refractivity contribution in [3.63, 3.8) is 0 Å². The lowest BCUT2D eigenvalue weighted by molar-refractivity contribution is -0.240. The summed E-state index contributed by atoms with van der Waals surface area (Å²) in [6.45, 7) is 44.8. The number of methoxy groups -OCH3 is 1. The van der Waals surface area contributed by atoms with Gasteiger partial charge in [0.15, 0.2) is 0 Å². The first-order chi connectivity index (χ1) is 36.9. The Morgan fingerprint density at radius 1 is 0.494 bits per heavy atom. The van der Waals surface area contributed by atoms with Gasteiger partial charge in [-0.25, -0.2) is 4.79 Å². The van der Waals surface area contributed by atoms with E-state index in [0.717, 1.165) is 81.5 Å². The van der Waals surface area contributed by atoms with Crippen LogP contribution in [0.3, 0.4) is 0 Å². The van der Waals surface area contributed by atoms with E-state index in [1.54, 1.807) is 7.05 Å². The van der Waals surface area contributed by atoms with Gasteiger partial charge < -0.3 is 26.0 Å². The Morgan fingerprint density at radius 2 is 0.899 bits per heavy atom. The molecule has 0 radical (unpaired) electrons. The maximum Gasteiger partial charge on any atom is 0.330 e. The summed E-state index contributed by atoms with van der Waals surface area (Å²) >= 11 is 0. The number of carbonyl (C=O) groups is 4. The van der Waals surface area contributed by atoms with Crippen molar-refractivity contribution in [2.75, 3.05) is 27.2 Å². The average molecular weight is 1090 g/mol. The van der Waals surface area contributed by atoms with Gasteiger partial charge >= 0.3 is 5.97 Å². The van der Waals surface area contributed by atoms with Crippen molar-refractivity contribution in [2.45, 2.75) is 237 Å². The topological polar surface area (TPSA) is 126 Å². The van der Waals surface area contributed by atoms with Crippen molar-refractivity contribution in [3.8, 4) is 0 Å². The number of rotatable bonds is 12. The molecule has 9 heteroatoms. The molecular weight excluding hydrogens is 977 g/mol. The van der Waals surface area contributed by atoms with Crippen LogP contribution in [0.2, 0.25) is 0 Å². The summed E-state index contributed by atoms with van der Waals surface area (Å²) in [7, 11) is 3.07. The Morgan fingerprint density at radius 3 is 1.28 bits per heavy atom. The number of nitrogens with one attached hydrogen (secondary N) is 4. The lowest BCUT2D eigenvalue weighted by Crippen LogP contribution is -2.67. The summed E-state index contributed by atoms with van der Waals surface area (Å²) in [5, 5.41) is 12.8. The smallest absolute Gasteiger partial charge is 0.330 e. The van der Waals surface area contributed by atoms with Gasteiger partial charge in [0.2, 0.25) is 17.7 Å². The van der Waals surface area contributed by atoms with E-state index in [4.69, 9.17) is 4.74 Å². The van der Waals surface area contributed by atoms with Crippen LogP contribution in [0.25, 0.3) is 0 Å². The predicted octanol–water partition coefficient (Wildman–Crippen LogP) is 14.1. The minimum absolute atomic E-state index is 0.00814. The molecule has 10 aliphatic carbocycles. The third-order valence-electron chi connectivity index (χ3n) is 30.5. The molecule has 0 bridgehead atoms. The number of allylic oxidation sites excluding steroid dienone is 2. The number of hydrogen-bond acceptors (Lipinski definition) is 6. The SMILES string of the molecule is C=C(C)C1CCC2(C(=O)NCC(NC)C(=O)NC(CNC(=O)C34CCC(C(=C)C)C3C3CCC5C6(C)CCC(C)C(C)(C)C6CCC5(C)C3(C)CC4)C(=O)OC)CCC3(C)C(CCC4C5(C)CCC(C)C(C)(C)C5CCC43C)C12. The molecule has 10 aliphatic rings. The molecule has 0 aromatic carbocycles. The lowest BCUT2D eigenvalue weighted by Gasteiger charge is -2.73. The van der Waals surface area contributed by atoms with Crippen LogP contribution in [0.1, 0.15) is 225 Å². The molecule has 9 nitrogen and oxygen atoms in total. The van der Waals surface area contributed by atoms with E-state index in [1.165, 1.54) is 88.9 Å². The molecule has 3 amide bonds. The second-order valence-corrected chi connectivity index (χ2v) is 33.1. The number of ether oxygens (including phenoxy) is 1. The van der Waals surface area contributed by atoms with Crippen molar-refractivity contribution in [1.82, 2.24) is 21.3 Å².